The van der Waals surface area contributed by atoms with E-state index < -0.39 is 0 Å². The van der Waals surface area contributed by atoms with Gasteiger partial charge in [-0.05, 0) is 25.8 Å². The van der Waals surface area contributed by atoms with Crippen LogP contribution in [-0.2, 0) is 9.53 Å². The monoisotopic (exact) mass is 200 g/mol. The van der Waals surface area contributed by atoms with Crippen molar-refractivity contribution in [1.82, 2.24) is 10.6 Å². The summed E-state index contributed by atoms with van der Waals surface area (Å²) in [6.45, 7) is 3.90. The summed E-state index contributed by atoms with van der Waals surface area (Å²) in [5, 5.41) is 5.89. The van der Waals surface area contributed by atoms with Crippen LogP contribution >= 0.6 is 0 Å². The number of amides is 1. The number of hydrogen-bond donors (Lipinski definition) is 2. The summed E-state index contributed by atoms with van der Waals surface area (Å²) in [7, 11) is 1.65. The van der Waals surface area contributed by atoms with Crippen LogP contribution in [-0.4, -0.2) is 38.3 Å². The Morgan fingerprint density at radius 2 is 2.50 bits per heavy atom. The largest absolute Gasteiger partial charge is 0.364 e. The smallest absolute Gasteiger partial charge is 0.248 e. The molecule has 0 bridgehead atoms. The summed E-state index contributed by atoms with van der Waals surface area (Å²) in [5.41, 5.74) is 0. The molecule has 14 heavy (non-hydrogen) atoms. The topological polar surface area (TPSA) is 50.4 Å². The van der Waals surface area contributed by atoms with Crippen LogP contribution in [0.5, 0.6) is 0 Å². The molecule has 1 aliphatic heterocycles. The van der Waals surface area contributed by atoms with Gasteiger partial charge in [-0.25, -0.2) is 0 Å². The molecular weight excluding hydrogens is 180 g/mol. The SMILES string of the molecule is CC[C@H](O[C@H]1CCCNC1)C(=O)NC. The maximum Gasteiger partial charge on any atom is 0.248 e. The molecule has 1 saturated heterocycles. The van der Waals surface area contributed by atoms with Crippen LogP contribution in [0.3, 0.4) is 0 Å². The minimum atomic E-state index is -0.287. The molecule has 0 saturated carbocycles. The molecule has 2 atom stereocenters. The molecule has 1 amide bonds. The van der Waals surface area contributed by atoms with E-state index in [4.69, 9.17) is 4.74 Å². The molecule has 0 aliphatic carbocycles. The standard InChI is InChI=1S/C10H20N2O2/c1-3-9(10(13)11-2)14-8-5-4-6-12-7-8/h8-9,12H,3-7H2,1-2H3,(H,11,13)/t8-,9-/m0/s1. The Morgan fingerprint density at radius 3 is 3.00 bits per heavy atom. The second-order valence-electron chi connectivity index (χ2n) is 3.62. The lowest BCUT2D eigenvalue weighted by Crippen LogP contribution is -2.42. The highest BCUT2D eigenvalue weighted by atomic mass is 16.5. The number of likely N-dealkylation sites (N-methyl/N-ethyl adjacent to an activating group) is 1. The Morgan fingerprint density at radius 1 is 1.71 bits per heavy atom. The molecular formula is C10H20N2O2. The zero-order valence-electron chi connectivity index (χ0n) is 9.01. The van der Waals surface area contributed by atoms with E-state index in [0.717, 1.165) is 32.4 Å². The number of rotatable bonds is 4. The van der Waals surface area contributed by atoms with Gasteiger partial charge in [-0.15, -0.1) is 0 Å². The third kappa shape index (κ3) is 3.27. The van der Waals surface area contributed by atoms with E-state index in [1.54, 1.807) is 7.05 Å². The lowest BCUT2D eigenvalue weighted by atomic mass is 10.1. The summed E-state index contributed by atoms with van der Waals surface area (Å²) in [6.07, 6.45) is 2.84. The van der Waals surface area contributed by atoms with Gasteiger partial charge in [0.2, 0.25) is 5.91 Å². The maximum absolute atomic E-state index is 11.4. The fourth-order valence-electron chi connectivity index (χ4n) is 1.67. The second kappa shape index (κ2) is 5.98. The molecule has 4 nitrogen and oxygen atoms in total. The van der Waals surface area contributed by atoms with Gasteiger partial charge in [-0.3, -0.25) is 4.79 Å². The van der Waals surface area contributed by atoms with Gasteiger partial charge in [0.1, 0.15) is 6.10 Å². The van der Waals surface area contributed by atoms with Crippen LogP contribution < -0.4 is 10.6 Å². The van der Waals surface area contributed by atoms with E-state index in [1.807, 2.05) is 6.92 Å². The minimum absolute atomic E-state index is 0.0157. The van der Waals surface area contributed by atoms with Crippen molar-refractivity contribution >= 4 is 5.91 Å². The number of hydrogen-bond acceptors (Lipinski definition) is 3. The van der Waals surface area contributed by atoms with E-state index in [-0.39, 0.29) is 18.1 Å². The molecule has 1 heterocycles. The zero-order chi connectivity index (χ0) is 10.4. The predicted octanol–water partition coefficient (Wildman–Crippen LogP) is 0.280. The minimum Gasteiger partial charge on any atom is -0.364 e. The normalized spacial score (nSPS) is 24.3. The summed E-state index contributed by atoms with van der Waals surface area (Å²) in [6, 6.07) is 0. The molecule has 0 radical (unpaired) electrons. The molecule has 1 rings (SSSR count). The number of nitrogens with one attached hydrogen (secondary N) is 2. The third-order valence-electron chi connectivity index (χ3n) is 2.52. The van der Waals surface area contributed by atoms with Gasteiger partial charge >= 0.3 is 0 Å². The van der Waals surface area contributed by atoms with Gasteiger partial charge in [-0.1, -0.05) is 6.92 Å². The lowest BCUT2D eigenvalue weighted by Gasteiger charge is -2.26. The van der Waals surface area contributed by atoms with Crippen LogP contribution in [0.4, 0.5) is 0 Å². The fraction of sp³-hybridized carbons (Fsp3) is 0.900. The average molecular weight is 200 g/mol. The first kappa shape index (κ1) is 11.5. The van der Waals surface area contributed by atoms with E-state index in [0.29, 0.717) is 0 Å². The van der Waals surface area contributed by atoms with E-state index in [1.165, 1.54) is 0 Å². The van der Waals surface area contributed by atoms with E-state index in [9.17, 15) is 4.79 Å². The van der Waals surface area contributed by atoms with Gasteiger partial charge in [0.25, 0.3) is 0 Å². The maximum atomic E-state index is 11.4. The average Bonchev–Trinajstić information content (AvgIpc) is 2.26. The highest BCUT2D eigenvalue weighted by Gasteiger charge is 2.22. The Labute approximate surface area is 85.4 Å². The van der Waals surface area contributed by atoms with Crippen molar-refractivity contribution in [2.45, 2.75) is 38.4 Å². The molecule has 0 spiro atoms. The number of ether oxygens (including phenoxy) is 1. The van der Waals surface area contributed by atoms with E-state index >= 15 is 0 Å². The van der Waals surface area contributed by atoms with Crippen molar-refractivity contribution < 1.29 is 9.53 Å². The first-order valence-electron chi connectivity index (χ1n) is 5.35. The summed E-state index contributed by atoms with van der Waals surface area (Å²) >= 11 is 0. The van der Waals surface area contributed by atoms with Crippen molar-refractivity contribution in [3.05, 3.63) is 0 Å². The van der Waals surface area contributed by atoms with Gasteiger partial charge in [0.15, 0.2) is 0 Å². The van der Waals surface area contributed by atoms with Crippen LogP contribution in [0.1, 0.15) is 26.2 Å². The van der Waals surface area contributed by atoms with Crippen molar-refractivity contribution in [2.24, 2.45) is 0 Å². The van der Waals surface area contributed by atoms with E-state index in [2.05, 4.69) is 10.6 Å². The Kier molecular flexibility index (Phi) is 4.90. The molecule has 1 fully saturated rings. The van der Waals surface area contributed by atoms with Crippen molar-refractivity contribution in [3.8, 4) is 0 Å². The summed E-state index contributed by atoms with van der Waals surface area (Å²) in [4.78, 5) is 11.4. The van der Waals surface area contributed by atoms with Gasteiger partial charge in [0.05, 0.1) is 6.10 Å². The molecule has 82 valence electrons. The third-order valence-corrected chi connectivity index (χ3v) is 2.52. The Bertz CT molecular complexity index is 179. The first-order chi connectivity index (χ1) is 6.77. The molecule has 0 aromatic heterocycles. The molecule has 0 unspecified atom stereocenters. The number of carbonyl (C=O) groups is 1. The summed E-state index contributed by atoms with van der Waals surface area (Å²) < 4.78 is 5.72. The van der Waals surface area contributed by atoms with Crippen LogP contribution in [0, 0.1) is 0 Å². The lowest BCUT2D eigenvalue weighted by molar-refractivity contribution is -0.137. The molecule has 1 aliphatic rings. The van der Waals surface area contributed by atoms with Gasteiger partial charge in [0, 0.05) is 13.6 Å². The molecule has 0 aromatic carbocycles. The molecule has 4 heteroatoms. The van der Waals surface area contributed by atoms with Crippen LogP contribution in [0.15, 0.2) is 0 Å². The highest BCUT2D eigenvalue weighted by molar-refractivity contribution is 5.80. The molecule has 0 aromatic rings. The van der Waals surface area contributed by atoms with Crippen LogP contribution in [0.2, 0.25) is 0 Å². The van der Waals surface area contributed by atoms with Gasteiger partial charge in [-0.2, -0.15) is 0 Å². The second-order valence-corrected chi connectivity index (χ2v) is 3.62. The molecule has 2 N–H and O–H groups in total. The van der Waals surface area contributed by atoms with Crippen molar-refractivity contribution in [1.29, 1.82) is 0 Å². The van der Waals surface area contributed by atoms with Crippen molar-refractivity contribution in [3.63, 3.8) is 0 Å². The zero-order valence-corrected chi connectivity index (χ0v) is 9.01. The first-order valence-corrected chi connectivity index (χ1v) is 5.35. The summed E-state index contributed by atoms with van der Waals surface area (Å²) in [5.74, 6) is -0.0157. The quantitative estimate of drug-likeness (QED) is 0.685. The highest BCUT2D eigenvalue weighted by Crippen LogP contribution is 2.10. The Hall–Kier alpha value is -0.610. The fourth-order valence-corrected chi connectivity index (χ4v) is 1.67. The number of piperidine rings is 1. The number of carbonyl (C=O) groups excluding carboxylic acids is 1. The van der Waals surface area contributed by atoms with Gasteiger partial charge < -0.3 is 15.4 Å². The van der Waals surface area contributed by atoms with Crippen molar-refractivity contribution in [2.75, 3.05) is 20.1 Å². The van der Waals surface area contributed by atoms with Crippen LogP contribution in [0.25, 0.3) is 0 Å². The Balaban J connectivity index is 2.34. The predicted molar refractivity (Wildman–Crippen MR) is 55.1 cm³/mol.